The molecular weight excluding hydrogens is 474 g/mol. The second-order valence-electron chi connectivity index (χ2n) is 10.8. The lowest BCUT2D eigenvalue weighted by atomic mass is 9.83. The lowest BCUT2D eigenvalue weighted by molar-refractivity contribution is 0.170. The summed E-state index contributed by atoms with van der Waals surface area (Å²) < 4.78 is 8.16. The molecule has 0 aliphatic heterocycles. The van der Waals surface area contributed by atoms with Crippen molar-refractivity contribution in [3.63, 3.8) is 0 Å². The van der Waals surface area contributed by atoms with E-state index >= 15 is 0 Å². The van der Waals surface area contributed by atoms with Crippen LogP contribution in [0.3, 0.4) is 0 Å². The summed E-state index contributed by atoms with van der Waals surface area (Å²) in [7, 11) is 0. The number of rotatable bonds is 11. The molecule has 0 aliphatic rings. The Morgan fingerprint density at radius 3 is 2.56 bits per heavy atom. The molecule has 1 unspecified atom stereocenters. The fourth-order valence-corrected chi connectivity index (χ4v) is 4.99. The number of hydrogen-bond donors (Lipinski definition) is 2. The number of nitrogens with one attached hydrogen (secondary N) is 1. The number of fused-ring (bicyclic) bond motifs is 1. The molecule has 36 heavy (non-hydrogen) atoms. The number of ether oxygens (including phenoxy) is 1. The molecule has 196 valence electrons. The Bertz CT molecular complexity index is 1230. The van der Waals surface area contributed by atoms with Crippen molar-refractivity contribution in [3.05, 3.63) is 56.4 Å². The summed E-state index contributed by atoms with van der Waals surface area (Å²) in [5, 5.41) is 15.8. The second-order valence-corrected chi connectivity index (χ2v) is 11.6. The van der Waals surface area contributed by atoms with Crippen molar-refractivity contribution in [1.29, 1.82) is 0 Å². The number of carbonyl (C=O) groups is 1. The smallest absolute Gasteiger partial charge is 0.405 e. The monoisotopic (exact) mass is 513 g/mol. The molecule has 0 saturated heterocycles. The van der Waals surface area contributed by atoms with Gasteiger partial charge in [0.2, 0.25) is 0 Å². The van der Waals surface area contributed by atoms with Crippen LogP contribution in [0.2, 0.25) is 0 Å². The topological polar surface area (TPSA) is 93.5 Å². The van der Waals surface area contributed by atoms with Crippen molar-refractivity contribution in [1.82, 2.24) is 14.9 Å². The van der Waals surface area contributed by atoms with Crippen LogP contribution in [0.5, 0.6) is 5.75 Å². The predicted octanol–water partition coefficient (Wildman–Crippen LogP) is 6.43. The highest BCUT2D eigenvalue weighted by molar-refractivity contribution is 7.07. The van der Waals surface area contributed by atoms with Crippen LogP contribution in [0.25, 0.3) is 10.8 Å². The summed E-state index contributed by atoms with van der Waals surface area (Å²) >= 11 is 1.58. The van der Waals surface area contributed by atoms with Gasteiger partial charge in [0.25, 0.3) is 5.56 Å². The number of pyridine rings is 1. The first-order chi connectivity index (χ1) is 17.0. The quantitative estimate of drug-likeness (QED) is 0.288. The maximum Gasteiger partial charge on any atom is 0.405 e. The minimum atomic E-state index is -1.13. The molecule has 0 radical (unpaired) electrons. The third-order valence-electron chi connectivity index (χ3n) is 6.18. The zero-order chi connectivity index (χ0) is 26.5. The summed E-state index contributed by atoms with van der Waals surface area (Å²) in [5.41, 5.74) is 3.95. The van der Waals surface area contributed by atoms with Gasteiger partial charge in [-0.3, -0.25) is 4.79 Å². The summed E-state index contributed by atoms with van der Waals surface area (Å²) in [5.74, 6) is 0.785. The van der Waals surface area contributed by atoms with Gasteiger partial charge in [0.15, 0.2) is 0 Å². The van der Waals surface area contributed by atoms with Gasteiger partial charge in [0.05, 0.1) is 34.9 Å². The van der Waals surface area contributed by atoms with E-state index in [-0.39, 0.29) is 11.5 Å². The third kappa shape index (κ3) is 6.66. The Balaban J connectivity index is 2.29. The number of benzene rings is 1. The van der Waals surface area contributed by atoms with E-state index in [2.05, 4.69) is 36.5 Å². The largest absolute Gasteiger partial charge is 0.491 e. The number of amides is 1. The molecule has 2 heterocycles. The van der Waals surface area contributed by atoms with Crippen molar-refractivity contribution in [2.24, 2.45) is 11.3 Å². The van der Waals surface area contributed by atoms with Crippen LogP contribution in [-0.2, 0) is 19.4 Å². The van der Waals surface area contributed by atoms with Gasteiger partial charge in [-0.1, -0.05) is 54.0 Å². The Kier molecular flexibility index (Phi) is 9.17. The van der Waals surface area contributed by atoms with E-state index in [4.69, 9.17) is 4.74 Å². The van der Waals surface area contributed by atoms with Crippen LogP contribution in [0.15, 0.2) is 33.9 Å². The molecule has 8 heteroatoms. The van der Waals surface area contributed by atoms with Crippen LogP contribution in [-0.4, -0.2) is 27.4 Å². The van der Waals surface area contributed by atoms with Crippen LogP contribution in [0.1, 0.15) is 77.4 Å². The molecule has 2 aromatic heterocycles. The fourth-order valence-electron chi connectivity index (χ4n) is 4.39. The van der Waals surface area contributed by atoms with Gasteiger partial charge in [0.1, 0.15) is 5.75 Å². The first kappa shape index (κ1) is 27.7. The lowest BCUT2D eigenvalue weighted by Gasteiger charge is -2.34. The summed E-state index contributed by atoms with van der Waals surface area (Å²) in [6.45, 7) is 13.1. The normalized spacial score (nSPS) is 12.8. The van der Waals surface area contributed by atoms with E-state index in [1.807, 2.05) is 44.5 Å². The number of unbranched alkanes of at least 4 members (excludes halogenated alkanes) is 1. The van der Waals surface area contributed by atoms with Crippen molar-refractivity contribution >= 4 is 28.2 Å². The standard InChI is InChI=1S/C28H39N3O4S/c1-7-8-13-35-24-22-14-19(9-11-20-16-36-17-29-20)10-12-21(22)26(32)31(15-18(2)3)23(24)25(28(4,5)6)30-27(33)34/h10,12,14,16-18,25,30H,7-9,11,13,15H2,1-6H3,(H,33,34). The Labute approximate surface area is 217 Å². The zero-order valence-electron chi connectivity index (χ0n) is 22.3. The highest BCUT2D eigenvalue weighted by atomic mass is 32.1. The minimum absolute atomic E-state index is 0.121. The molecule has 7 nitrogen and oxygen atoms in total. The van der Waals surface area contributed by atoms with Crippen LogP contribution in [0.4, 0.5) is 4.79 Å². The average molecular weight is 514 g/mol. The minimum Gasteiger partial charge on any atom is -0.491 e. The predicted molar refractivity (Wildman–Crippen MR) is 146 cm³/mol. The van der Waals surface area contributed by atoms with E-state index in [1.165, 1.54) is 0 Å². The highest BCUT2D eigenvalue weighted by Crippen LogP contribution is 2.41. The number of aromatic nitrogens is 2. The van der Waals surface area contributed by atoms with Crippen molar-refractivity contribution < 1.29 is 14.6 Å². The van der Waals surface area contributed by atoms with Gasteiger partial charge < -0.3 is 19.7 Å². The molecular formula is C28H39N3O4S. The van der Waals surface area contributed by atoms with Gasteiger partial charge in [-0.05, 0) is 48.3 Å². The number of carboxylic acid groups (broad SMARTS) is 1. The Hall–Kier alpha value is -2.87. The lowest BCUT2D eigenvalue weighted by Crippen LogP contribution is -2.40. The van der Waals surface area contributed by atoms with Gasteiger partial charge >= 0.3 is 6.09 Å². The summed E-state index contributed by atoms with van der Waals surface area (Å²) in [6, 6.07) is 5.29. The molecule has 0 aliphatic carbocycles. The summed E-state index contributed by atoms with van der Waals surface area (Å²) in [6.07, 6.45) is 2.29. The number of thiazole rings is 1. The van der Waals surface area contributed by atoms with Gasteiger partial charge in [0, 0.05) is 17.3 Å². The van der Waals surface area contributed by atoms with E-state index in [1.54, 1.807) is 15.9 Å². The second kappa shape index (κ2) is 11.9. The zero-order valence-corrected chi connectivity index (χ0v) is 23.1. The molecule has 0 bridgehead atoms. The molecule has 0 saturated carbocycles. The van der Waals surface area contributed by atoms with E-state index < -0.39 is 17.6 Å². The molecule has 1 amide bonds. The van der Waals surface area contributed by atoms with Crippen LogP contribution < -0.4 is 15.6 Å². The van der Waals surface area contributed by atoms with Crippen molar-refractivity contribution in [3.8, 4) is 5.75 Å². The van der Waals surface area contributed by atoms with Gasteiger partial charge in [-0.2, -0.15) is 0 Å². The van der Waals surface area contributed by atoms with Gasteiger partial charge in [-0.15, -0.1) is 11.3 Å². The van der Waals surface area contributed by atoms with Gasteiger partial charge in [-0.25, -0.2) is 9.78 Å². The summed E-state index contributed by atoms with van der Waals surface area (Å²) in [4.78, 5) is 30.1. The molecule has 1 atom stereocenters. The Morgan fingerprint density at radius 2 is 1.97 bits per heavy atom. The molecule has 2 N–H and O–H groups in total. The van der Waals surface area contributed by atoms with Crippen LogP contribution >= 0.6 is 11.3 Å². The highest BCUT2D eigenvalue weighted by Gasteiger charge is 2.35. The van der Waals surface area contributed by atoms with E-state index in [0.29, 0.717) is 30.0 Å². The van der Waals surface area contributed by atoms with Crippen LogP contribution in [0, 0.1) is 11.3 Å². The fraction of sp³-hybridized carbons (Fsp3) is 0.536. The molecule has 0 fully saturated rings. The maximum absolute atomic E-state index is 13.9. The number of aryl methyl sites for hydroxylation is 2. The first-order valence-corrected chi connectivity index (χ1v) is 13.7. The Morgan fingerprint density at radius 1 is 1.22 bits per heavy atom. The molecule has 0 spiro atoms. The van der Waals surface area contributed by atoms with E-state index in [9.17, 15) is 14.7 Å². The average Bonchev–Trinajstić information content (AvgIpc) is 3.32. The molecule has 1 aromatic carbocycles. The first-order valence-electron chi connectivity index (χ1n) is 12.7. The number of hydrogen-bond acceptors (Lipinski definition) is 5. The third-order valence-corrected chi connectivity index (χ3v) is 6.82. The maximum atomic E-state index is 13.9. The molecule has 3 rings (SSSR count). The van der Waals surface area contributed by atoms with Crippen molar-refractivity contribution in [2.45, 2.75) is 79.8 Å². The SMILES string of the molecule is CCCCOc1c(C(NC(=O)O)C(C)(C)C)n(CC(C)C)c(=O)c2ccc(CCc3cscn3)cc12. The molecule has 3 aromatic rings. The number of nitrogens with zero attached hydrogens (tertiary/aromatic N) is 2. The van der Waals surface area contributed by atoms with Crippen molar-refractivity contribution in [2.75, 3.05) is 6.61 Å². The van der Waals surface area contributed by atoms with E-state index in [0.717, 1.165) is 42.3 Å².